The average molecular weight is 477 g/mol. The van der Waals surface area contributed by atoms with E-state index in [1.807, 2.05) is 72.5 Å². The maximum absolute atomic E-state index is 13.6. The lowest BCUT2D eigenvalue weighted by Gasteiger charge is -2.36. The van der Waals surface area contributed by atoms with Gasteiger partial charge in [0, 0.05) is 43.0 Å². The number of carbonyl (C=O) groups excluding carboxylic acids is 1. The van der Waals surface area contributed by atoms with Crippen LogP contribution in [-0.2, 0) is 0 Å². The van der Waals surface area contributed by atoms with E-state index in [2.05, 4.69) is 4.90 Å². The molecule has 4 aromatic rings. The number of benzene rings is 2. The summed E-state index contributed by atoms with van der Waals surface area (Å²) in [6.07, 6.45) is 0. The number of anilines is 1. The molecule has 0 unspecified atom stereocenters. The number of furan rings is 1. The minimum Gasteiger partial charge on any atom is -0.497 e. The first kappa shape index (κ1) is 22.1. The maximum atomic E-state index is 13.6. The van der Waals surface area contributed by atoms with Gasteiger partial charge in [-0.05, 0) is 61.5 Å². The molecule has 1 aliphatic heterocycles. The Morgan fingerprint density at radius 2 is 1.74 bits per heavy atom. The zero-order valence-electron chi connectivity index (χ0n) is 19.1. The zero-order chi connectivity index (χ0) is 23.7. The Labute approximate surface area is 203 Å². The molecule has 2 aromatic heterocycles. The van der Waals surface area contributed by atoms with Crippen LogP contribution in [0.25, 0.3) is 17.1 Å². The van der Waals surface area contributed by atoms with Gasteiger partial charge < -0.3 is 19.0 Å². The van der Waals surface area contributed by atoms with Gasteiger partial charge in [0.1, 0.15) is 22.9 Å². The molecule has 0 spiro atoms. The van der Waals surface area contributed by atoms with Crippen molar-refractivity contribution in [2.75, 3.05) is 38.2 Å². The molecule has 0 aliphatic carbocycles. The molecule has 8 heteroatoms. The predicted molar refractivity (Wildman–Crippen MR) is 132 cm³/mol. The van der Waals surface area contributed by atoms with Gasteiger partial charge in [0.2, 0.25) is 0 Å². The smallest absolute Gasteiger partial charge is 0.272 e. The number of nitrogens with zero attached hydrogens (tertiary/aromatic N) is 4. The number of hydrogen-bond acceptors (Lipinski definition) is 5. The largest absolute Gasteiger partial charge is 0.497 e. The average Bonchev–Trinajstić information content (AvgIpc) is 3.50. The second-order valence-corrected chi connectivity index (χ2v) is 8.63. The van der Waals surface area contributed by atoms with Gasteiger partial charge in [0.05, 0.1) is 12.8 Å². The molecule has 0 radical (unpaired) electrons. The molecule has 1 aliphatic rings. The first-order chi connectivity index (χ1) is 16.5. The maximum Gasteiger partial charge on any atom is 0.272 e. The van der Waals surface area contributed by atoms with Crippen LogP contribution in [0.15, 0.2) is 71.1 Å². The van der Waals surface area contributed by atoms with Crippen LogP contribution in [0.4, 0.5) is 5.69 Å². The van der Waals surface area contributed by atoms with E-state index >= 15 is 0 Å². The van der Waals surface area contributed by atoms with Gasteiger partial charge in [-0.3, -0.25) is 4.79 Å². The molecule has 0 atom stereocenters. The third kappa shape index (κ3) is 4.39. The Bertz CT molecular complexity index is 1300. The highest BCUT2D eigenvalue weighted by molar-refractivity contribution is 6.30. The highest BCUT2D eigenvalue weighted by Crippen LogP contribution is 2.26. The first-order valence-electron chi connectivity index (χ1n) is 11.1. The van der Waals surface area contributed by atoms with E-state index in [-0.39, 0.29) is 5.91 Å². The lowest BCUT2D eigenvalue weighted by Crippen LogP contribution is -2.49. The van der Waals surface area contributed by atoms with E-state index in [1.54, 1.807) is 17.9 Å². The Balaban J connectivity index is 1.42. The number of ether oxygens (including phenoxy) is 1. The van der Waals surface area contributed by atoms with Crippen LogP contribution in [0.3, 0.4) is 0 Å². The molecule has 1 amide bonds. The minimum absolute atomic E-state index is 0.0661. The third-order valence-corrected chi connectivity index (χ3v) is 6.21. The van der Waals surface area contributed by atoms with E-state index in [1.165, 1.54) is 0 Å². The Morgan fingerprint density at radius 1 is 0.971 bits per heavy atom. The fraction of sp³-hybridized carbons (Fsp3) is 0.231. The van der Waals surface area contributed by atoms with Gasteiger partial charge in [0.15, 0.2) is 5.76 Å². The van der Waals surface area contributed by atoms with Crippen molar-refractivity contribution in [2.45, 2.75) is 6.92 Å². The van der Waals surface area contributed by atoms with Crippen LogP contribution in [0.5, 0.6) is 5.75 Å². The Kier molecular flexibility index (Phi) is 6.02. The first-order valence-corrected chi connectivity index (χ1v) is 11.5. The number of aryl methyl sites for hydroxylation is 1. The van der Waals surface area contributed by atoms with Crippen molar-refractivity contribution >= 4 is 23.2 Å². The summed E-state index contributed by atoms with van der Waals surface area (Å²) < 4.78 is 12.7. The summed E-state index contributed by atoms with van der Waals surface area (Å²) in [6, 6.07) is 20.8. The third-order valence-electron chi connectivity index (χ3n) is 5.98. The van der Waals surface area contributed by atoms with Crippen molar-refractivity contribution in [3.63, 3.8) is 0 Å². The summed E-state index contributed by atoms with van der Waals surface area (Å²) >= 11 is 6.16. The second-order valence-electron chi connectivity index (χ2n) is 8.19. The van der Waals surface area contributed by atoms with E-state index in [4.69, 9.17) is 25.9 Å². The molecule has 0 saturated carbocycles. The van der Waals surface area contributed by atoms with Gasteiger partial charge in [-0.2, -0.15) is 5.10 Å². The minimum atomic E-state index is -0.0661. The van der Waals surface area contributed by atoms with Gasteiger partial charge >= 0.3 is 0 Å². The van der Waals surface area contributed by atoms with Crippen LogP contribution < -0.4 is 9.64 Å². The molecular formula is C26H25ClN4O3. The van der Waals surface area contributed by atoms with Crippen molar-refractivity contribution in [1.82, 2.24) is 14.7 Å². The number of aromatic nitrogens is 2. The standard InChI is InChI=1S/C26H25ClN4O3/c1-18-6-11-25(34-18)23-17-24(31(28-23)20-7-9-22(33-2)10-8-20)26(32)30-14-12-29(13-15-30)21-5-3-4-19(27)16-21/h3-11,16-17H,12-15H2,1-2H3. The summed E-state index contributed by atoms with van der Waals surface area (Å²) in [6.45, 7) is 4.55. The second kappa shape index (κ2) is 9.27. The number of amides is 1. The van der Waals surface area contributed by atoms with Crippen molar-refractivity contribution in [3.8, 4) is 22.9 Å². The van der Waals surface area contributed by atoms with Gasteiger partial charge in [0.25, 0.3) is 5.91 Å². The van der Waals surface area contributed by atoms with Gasteiger partial charge in [-0.25, -0.2) is 4.68 Å². The van der Waals surface area contributed by atoms with Crippen LogP contribution in [0.1, 0.15) is 16.2 Å². The molecule has 0 N–H and O–H groups in total. The predicted octanol–water partition coefficient (Wildman–Crippen LogP) is 5.07. The van der Waals surface area contributed by atoms with Crippen molar-refractivity contribution in [3.05, 3.63) is 83.2 Å². The molecule has 1 fully saturated rings. The van der Waals surface area contributed by atoms with E-state index in [9.17, 15) is 4.79 Å². The summed E-state index contributed by atoms with van der Waals surface area (Å²) in [5, 5.41) is 5.43. The molecule has 3 heterocycles. The molecule has 34 heavy (non-hydrogen) atoms. The van der Waals surface area contributed by atoms with E-state index in [0.717, 1.165) is 36.0 Å². The lowest BCUT2D eigenvalue weighted by molar-refractivity contribution is 0.0737. The highest BCUT2D eigenvalue weighted by atomic mass is 35.5. The lowest BCUT2D eigenvalue weighted by atomic mass is 10.2. The monoisotopic (exact) mass is 476 g/mol. The molecule has 0 bridgehead atoms. The van der Waals surface area contributed by atoms with E-state index in [0.29, 0.717) is 35.3 Å². The van der Waals surface area contributed by atoms with E-state index < -0.39 is 0 Å². The molecule has 174 valence electrons. The summed E-state index contributed by atoms with van der Waals surface area (Å²) in [5.74, 6) is 2.09. The molecule has 2 aromatic carbocycles. The molecule has 7 nitrogen and oxygen atoms in total. The number of carbonyl (C=O) groups is 1. The molecular weight excluding hydrogens is 452 g/mol. The number of halogens is 1. The SMILES string of the molecule is COc1ccc(-n2nc(-c3ccc(C)o3)cc2C(=O)N2CCN(c3cccc(Cl)c3)CC2)cc1. The number of hydrogen-bond donors (Lipinski definition) is 0. The Hall–Kier alpha value is -3.71. The van der Waals surface area contributed by atoms with Gasteiger partial charge in [-0.1, -0.05) is 17.7 Å². The number of methoxy groups -OCH3 is 1. The fourth-order valence-electron chi connectivity index (χ4n) is 4.15. The molecule has 5 rings (SSSR count). The zero-order valence-corrected chi connectivity index (χ0v) is 19.8. The number of piperazine rings is 1. The van der Waals surface area contributed by atoms with Crippen molar-refractivity contribution in [2.24, 2.45) is 0 Å². The van der Waals surface area contributed by atoms with Crippen LogP contribution in [0.2, 0.25) is 5.02 Å². The Morgan fingerprint density at radius 3 is 2.38 bits per heavy atom. The van der Waals surface area contributed by atoms with Crippen LogP contribution in [0, 0.1) is 6.92 Å². The highest BCUT2D eigenvalue weighted by Gasteiger charge is 2.27. The topological polar surface area (TPSA) is 63.7 Å². The number of rotatable bonds is 5. The van der Waals surface area contributed by atoms with Crippen LogP contribution >= 0.6 is 11.6 Å². The summed E-state index contributed by atoms with van der Waals surface area (Å²) in [7, 11) is 1.62. The van der Waals surface area contributed by atoms with Crippen molar-refractivity contribution < 1.29 is 13.9 Å². The normalized spacial score (nSPS) is 13.9. The van der Waals surface area contributed by atoms with Crippen LogP contribution in [-0.4, -0.2) is 53.9 Å². The molecule has 1 saturated heterocycles. The van der Waals surface area contributed by atoms with Crippen molar-refractivity contribution in [1.29, 1.82) is 0 Å². The summed E-state index contributed by atoms with van der Waals surface area (Å²) in [4.78, 5) is 17.7. The van der Waals surface area contributed by atoms with Gasteiger partial charge in [-0.15, -0.1) is 0 Å². The summed E-state index contributed by atoms with van der Waals surface area (Å²) in [5.41, 5.74) is 2.95. The quantitative estimate of drug-likeness (QED) is 0.402. The fourth-order valence-corrected chi connectivity index (χ4v) is 4.33.